The first-order valence-corrected chi connectivity index (χ1v) is 6.60. The third-order valence-electron chi connectivity index (χ3n) is 3.57. The normalized spacial score (nSPS) is 29.4. The van der Waals surface area contributed by atoms with E-state index < -0.39 is 0 Å². The molecule has 1 aliphatic rings. The molecule has 0 aromatic rings. The number of carbonyl (C=O) groups is 1. The van der Waals surface area contributed by atoms with Gasteiger partial charge in [0, 0.05) is 6.54 Å². The van der Waals surface area contributed by atoms with E-state index in [9.17, 15) is 4.79 Å². The van der Waals surface area contributed by atoms with E-state index in [4.69, 9.17) is 10.5 Å². The zero-order valence-electron chi connectivity index (χ0n) is 11.3. The van der Waals surface area contributed by atoms with Gasteiger partial charge in [0.2, 0.25) is 5.91 Å². The molecular formula is C13H26N2O2. The van der Waals surface area contributed by atoms with E-state index in [0.717, 1.165) is 31.6 Å². The molecular weight excluding hydrogens is 216 g/mol. The SMILES string of the molecule is CC1CCC(CN)(NC(=O)COC(C)C)CC1. The minimum atomic E-state index is -0.191. The molecule has 1 fully saturated rings. The minimum Gasteiger partial charge on any atom is -0.369 e. The van der Waals surface area contributed by atoms with E-state index in [0.29, 0.717) is 6.54 Å². The van der Waals surface area contributed by atoms with Crippen molar-refractivity contribution >= 4 is 5.91 Å². The Labute approximate surface area is 104 Å². The summed E-state index contributed by atoms with van der Waals surface area (Å²) in [5.74, 6) is 0.706. The number of nitrogens with two attached hydrogens (primary N) is 1. The summed E-state index contributed by atoms with van der Waals surface area (Å²) >= 11 is 0. The number of carbonyl (C=O) groups excluding carboxylic acids is 1. The molecule has 3 N–H and O–H groups in total. The van der Waals surface area contributed by atoms with Crippen LogP contribution in [0.25, 0.3) is 0 Å². The zero-order valence-corrected chi connectivity index (χ0v) is 11.3. The Hall–Kier alpha value is -0.610. The number of amides is 1. The molecule has 100 valence electrons. The van der Waals surface area contributed by atoms with E-state index in [1.807, 2.05) is 13.8 Å². The second-order valence-electron chi connectivity index (χ2n) is 5.57. The lowest BCUT2D eigenvalue weighted by Gasteiger charge is -2.39. The van der Waals surface area contributed by atoms with Crippen LogP contribution in [-0.4, -0.2) is 30.7 Å². The lowest BCUT2D eigenvalue weighted by molar-refractivity contribution is -0.129. The molecule has 17 heavy (non-hydrogen) atoms. The summed E-state index contributed by atoms with van der Waals surface area (Å²) in [6.07, 6.45) is 4.34. The summed E-state index contributed by atoms with van der Waals surface area (Å²) in [5, 5.41) is 3.07. The van der Waals surface area contributed by atoms with Crippen LogP contribution in [0, 0.1) is 5.92 Å². The Morgan fingerprint density at radius 3 is 2.53 bits per heavy atom. The van der Waals surface area contributed by atoms with Gasteiger partial charge in [0.15, 0.2) is 0 Å². The summed E-state index contributed by atoms with van der Waals surface area (Å²) < 4.78 is 5.30. The van der Waals surface area contributed by atoms with Gasteiger partial charge >= 0.3 is 0 Å². The highest BCUT2D eigenvalue weighted by molar-refractivity contribution is 5.78. The summed E-state index contributed by atoms with van der Waals surface area (Å²) in [4.78, 5) is 11.8. The minimum absolute atomic E-state index is 0.0429. The molecule has 1 saturated carbocycles. The van der Waals surface area contributed by atoms with E-state index in [-0.39, 0.29) is 24.2 Å². The van der Waals surface area contributed by atoms with Crippen LogP contribution in [0.3, 0.4) is 0 Å². The van der Waals surface area contributed by atoms with Crippen molar-refractivity contribution in [2.75, 3.05) is 13.2 Å². The monoisotopic (exact) mass is 242 g/mol. The van der Waals surface area contributed by atoms with E-state index in [1.54, 1.807) is 0 Å². The maximum absolute atomic E-state index is 11.8. The summed E-state index contributed by atoms with van der Waals surface area (Å²) in [6.45, 7) is 6.76. The third-order valence-corrected chi connectivity index (χ3v) is 3.57. The van der Waals surface area contributed by atoms with Crippen LogP contribution in [0.15, 0.2) is 0 Å². The van der Waals surface area contributed by atoms with E-state index in [1.165, 1.54) is 0 Å². The van der Waals surface area contributed by atoms with Crippen molar-refractivity contribution in [3.63, 3.8) is 0 Å². The Morgan fingerprint density at radius 1 is 1.47 bits per heavy atom. The molecule has 4 nitrogen and oxygen atoms in total. The van der Waals surface area contributed by atoms with Gasteiger partial charge in [-0.3, -0.25) is 4.79 Å². The third kappa shape index (κ3) is 4.64. The molecule has 1 amide bonds. The Bertz CT molecular complexity index is 246. The molecule has 1 aliphatic carbocycles. The standard InChI is InChI=1S/C13H26N2O2/c1-10(2)17-8-12(16)15-13(9-14)6-4-11(3)5-7-13/h10-11H,4-9,14H2,1-3H3,(H,15,16). The van der Waals surface area contributed by atoms with E-state index in [2.05, 4.69) is 12.2 Å². The highest BCUT2D eigenvalue weighted by Gasteiger charge is 2.34. The summed E-state index contributed by atoms with van der Waals surface area (Å²) in [7, 11) is 0. The van der Waals surface area contributed by atoms with Crippen LogP contribution < -0.4 is 11.1 Å². The maximum atomic E-state index is 11.8. The van der Waals surface area contributed by atoms with Crippen LogP contribution in [0.1, 0.15) is 46.5 Å². The molecule has 0 aromatic carbocycles. The van der Waals surface area contributed by atoms with Gasteiger partial charge in [-0.05, 0) is 45.4 Å². The van der Waals surface area contributed by atoms with Gasteiger partial charge in [-0.15, -0.1) is 0 Å². The van der Waals surface area contributed by atoms with Crippen molar-refractivity contribution in [1.82, 2.24) is 5.32 Å². The van der Waals surface area contributed by atoms with Crippen LogP contribution in [-0.2, 0) is 9.53 Å². The van der Waals surface area contributed by atoms with Gasteiger partial charge in [-0.1, -0.05) is 6.92 Å². The van der Waals surface area contributed by atoms with Gasteiger partial charge in [-0.2, -0.15) is 0 Å². The molecule has 0 bridgehead atoms. The summed E-state index contributed by atoms with van der Waals surface area (Å²) in [5.41, 5.74) is 5.64. The smallest absolute Gasteiger partial charge is 0.246 e. The number of hydrogen-bond donors (Lipinski definition) is 2. The Kier molecular flexibility index (Phi) is 5.40. The highest BCUT2D eigenvalue weighted by Crippen LogP contribution is 2.31. The maximum Gasteiger partial charge on any atom is 0.246 e. The predicted molar refractivity (Wildman–Crippen MR) is 68.6 cm³/mol. The van der Waals surface area contributed by atoms with Gasteiger partial charge in [0.05, 0.1) is 11.6 Å². The molecule has 0 atom stereocenters. The van der Waals surface area contributed by atoms with E-state index >= 15 is 0 Å². The fraction of sp³-hybridized carbons (Fsp3) is 0.923. The first kappa shape index (κ1) is 14.5. The van der Waals surface area contributed by atoms with Crippen molar-refractivity contribution < 1.29 is 9.53 Å². The Morgan fingerprint density at radius 2 is 2.06 bits per heavy atom. The van der Waals surface area contributed by atoms with Crippen LogP contribution in [0.5, 0.6) is 0 Å². The molecule has 0 heterocycles. The number of ether oxygens (including phenoxy) is 1. The quantitative estimate of drug-likeness (QED) is 0.766. The lowest BCUT2D eigenvalue weighted by atomic mass is 9.77. The summed E-state index contributed by atoms with van der Waals surface area (Å²) in [6, 6.07) is 0. The van der Waals surface area contributed by atoms with Crippen LogP contribution >= 0.6 is 0 Å². The van der Waals surface area contributed by atoms with Crippen LogP contribution in [0.2, 0.25) is 0 Å². The van der Waals surface area contributed by atoms with Crippen molar-refractivity contribution in [2.24, 2.45) is 11.7 Å². The average molecular weight is 242 g/mol. The number of hydrogen-bond acceptors (Lipinski definition) is 3. The second kappa shape index (κ2) is 6.36. The molecule has 0 unspecified atom stereocenters. The van der Waals surface area contributed by atoms with Gasteiger partial charge in [0.1, 0.15) is 6.61 Å². The van der Waals surface area contributed by atoms with Gasteiger partial charge in [-0.25, -0.2) is 0 Å². The molecule has 0 spiro atoms. The number of nitrogens with one attached hydrogen (secondary N) is 1. The molecule has 4 heteroatoms. The van der Waals surface area contributed by atoms with Crippen molar-refractivity contribution in [2.45, 2.75) is 58.1 Å². The Balaban J connectivity index is 2.43. The predicted octanol–water partition coefficient (Wildman–Crippen LogP) is 1.44. The average Bonchev–Trinajstić information content (AvgIpc) is 2.30. The van der Waals surface area contributed by atoms with Crippen LogP contribution in [0.4, 0.5) is 0 Å². The lowest BCUT2D eigenvalue weighted by Crippen LogP contribution is -2.56. The molecule has 0 aliphatic heterocycles. The first-order valence-electron chi connectivity index (χ1n) is 6.60. The fourth-order valence-electron chi connectivity index (χ4n) is 2.27. The molecule has 0 aromatic heterocycles. The zero-order chi connectivity index (χ0) is 12.9. The second-order valence-corrected chi connectivity index (χ2v) is 5.57. The van der Waals surface area contributed by atoms with Gasteiger partial charge in [0.25, 0.3) is 0 Å². The largest absolute Gasteiger partial charge is 0.369 e. The molecule has 1 rings (SSSR count). The van der Waals surface area contributed by atoms with Crippen molar-refractivity contribution in [1.29, 1.82) is 0 Å². The molecule has 0 radical (unpaired) electrons. The first-order chi connectivity index (χ1) is 7.97. The number of rotatable bonds is 5. The molecule has 0 saturated heterocycles. The highest BCUT2D eigenvalue weighted by atomic mass is 16.5. The fourth-order valence-corrected chi connectivity index (χ4v) is 2.27. The van der Waals surface area contributed by atoms with Crippen molar-refractivity contribution in [3.05, 3.63) is 0 Å². The topological polar surface area (TPSA) is 64.3 Å². The van der Waals surface area contributed by atoms with Gasteiger partial charge < -0.3 is 15.8 Å². The van der Waals surface area contributed by atoms with Crippen molar-refractivity contribution in [3.8, 4) is 0 Å².